The van der Waals surface area contributed by atoms with Crippen LogP contribution in [0.15, 0.2) is 15.0 Å². The van der Waals surface area contributed by atoms with Gasteiger partial charge in [0.25, 0.3) is 0 Å². The highest BCUT2D eigenvalue weighted by Crippen LogP contribution is 2.51. The fraction of sp³-hybridized carbons (Fsp3) is 0.600. The Bertz CT molecular complexity index is 359. The van der Waals surface area contributed by atoms with Gasteiger partial charge in [0.15, 0.2) is 0 Å². The normalized spacial score (nSPS) is 12.0. The first-order valence-electron chi connectivity index (χ1n) is 5.13. The van der Waals surface area contributed by atoms with E-state index in [0.717, 1.165) is 10.2 Å². The van der Waals surface area contributed by atoms with Crippen LogP contribution in [-0.4, -0.2) is 13.2 Å². The summed E-state index contributed by atoms with van der Waals surface area (Å²) in [5, 5.41) is 0. The Morgan fingerprint density at radius 3 is 2.31 bits per heavy atom. The molecule has 0 fully saturated rings. The maximum Gasteiger partial charge on any atom is 0.338 e. The van der Waals surface area contributed by atoms with Crippen LogP contribution in [-0.2, 0) is 19.8 Å². The lowest BCUT2D eigenvalue weighted by Crippen LogP contribution is -1.98. The van der Waals surface area contributed by atoms with Crippen LogP contribution in [0.2, 0.25) is 0 Å². The summed E-state index contributed by atoms with van der Waals surface area (Å²) in [6.45, 7) is 6.13. The Morgan fingerprint density at radius 2 is 1.94 bits per heavy atom. The molecule has 0 aliphatic rings. The number of hydrogen-bond donors (Lipinski definition) is 0. The van der Waals surface area contributed by atoms with Crippen molar-refractivity contribution in [1.29, 1.82) is 0 Å². The van der Waals surface area contributed by atoms with Gasteiger partial charge in [-0.1, -0.05) is 0 Å². The average molecular weight is 311 g/mol. The second-order valence-corrected chi connectivity index (χ2v) is 6.13. The molecule has 0 atom stereocenters. The molecule has 16 heavy (non-hydrogen) atoms. The van der Waals surface area contributed by atoms with E-state index < -0.39 is 7.60 Å². The smallest absolute Gasteiger partial charge is 0.338 e. The van der Waals surface area contributed by atoms with Crippen molar-refractivity contribution in [3.05, 3.63) is 22.1 Å². The van der Waals surface area contributed by atoms with Crippen molar-refractivity contribution in [2.24, 2.45) is 0 Å². The van der Waals surface area contributed by atoms with Gasteiger partial charge in [-0.05, 0) is 42.8 Å². The van der Waals surface area contributed by atoms with E-state index in [9.17, 15) is 4.57 Å². The van der Waals surface area contributed by atoms with Gasteiger partial charge in [-0.2, -0.15) is 0 Å². The van der Waals surface area contributed by atoms with E-state index in [1.165, 1.54) is 0 Å². The van der Waals surface area contributed by atoms with Crippen LogP contribution >= 0.6 is 23.5 Å². The summed E-state index contributed by atoms with van der Waals surface area (Å²) < 4.78 is 28.8. The summed E-state index contributed by atoms with van der Waals surface area (Å²) >= 11 is 3.34. The number of halogens is 1. The molecule has 0 spiro atoms. The number of hydrogen-bond acceptors (Lipinski definition) is 4. The van der Waals surface area contributed by atoms with Crippen LogP contribution in [0.5, 0.6) is 0 Å². The lowest BCUT2D eigenvalue weighted by atomic mass is 10.5. The van der Waals surface area contributed by atoms with Crippen LogP contribution in [0.4, 0.5) is 0 Å². The van der Waals surface area contributed by atoms with E-state index in [1.54, 1.807) is 19.9 Å². The Hall–Kier alpha value is -0.0900. The van der Waals surface area contributed by atoms with E-state index in [0.29, 0.717) is 19.0 Å². The fourth-order valence-electron chi connectivity index (χ4n) is 1.31. The predicted molar refractivity (Wildman–Crippen MR) is 65.7 cm³/mol. The zero-order valence-corrected chi connectivity index (χ0v) is 12.1. The molecule has 1 heterocycles. The fourth-order valence-corrected chi connectivity index (χ4v) is 3.23. The van der Waals surface area contributed by atoms with Gasteiger partial charge in [-0.3, -0.25) is 4.57 Å². The SMILES string of the molecule is CCOP(=O)(Cc1cc(Br)c(C)o1)OCC. The van der Waals surface area contributed by atoms with Gasteiger partial charge in [-0.25, -0.2) is 0 Å². The number of furan rings is 1. The van der Waals surface area contributed by atoms with Crippen LogP contribution in [0.1, 0.15) is 25.4 Å². The van der Waals surface area contributed by atoms with Crippen LogP contribution < -0.4 is 0 Å². The maximum absolute atomic E-state index is 12.2. The third-order valence-corrected chi connectivity index (χ3v) is 4.70. The molecule has 0 aromatic carbocycles. The van der Waals surface area contributed by atoms with E-state index in [1.807, 2.05) is 6.92 Å². The molecule has 0 bridgehead atoms. The van der Waals surface area contributed by atoms with Crippen LogP contribution in [0.25, 0.3) is 0 Å². The second kappa shape index (κ2) is 6.01. The molecule has 1 aromatic heterocycles. The Morgan fingerprint density at radius 1 is 1.38 bits per heavy atom. The van der Waals surface area contributed by atoms with Gasteiger partial charge in [0.2, 0.25) is 0 Å². The van der Waals surface area contributed by atoms with E-state index in [4.69, 9.17) is 13.5 Å². The lowest BCUT2D eigenvalue weighted by Gasteiger charge is -2.15. The summed E-state index contributed by atoms with van der Waals surface area (Å²) in [7, 11) is -3.06. The topological polar surface area (TPSA) is 48.7 Å². The van der Waals surface area contributed by atoms with Gasteiger partial charge < -0.3 is 13.5 Å². The van der Waals surface area contributed by atoms with Crippen molar-refractivity contribution < 1.29 is 18.0 Å². The molecule has 92 valence electrons. The van der Waals surface area contributed by atoms with Crippen molar-refractivity contribution in [2.75, 3.05) is 13.2 Å². The molecule has 1 rings (SSSR count). The van der Waals surface area contributed by atoms with E-state index in [2.05, 4.69) is 15.9 Å². The third kappa shape index (κ3) is 3.74. The van der Waals surface area contributed by atoms with Crippen molar-refractivity contribution in [3.8, 4) is 0 Å². The summed E-state index contributed by atoms with van der Waals surface area (Å²) in [6, 6.07) is 1.79. The summed E-state index contributed by atoms with van der Waals surface area (Å²) in [4.78, 5) is 0. The third-order valence-electron chi connectivity index (χ3n) is 1.91. The minimum Gasteiger partial charge on any atom is -0.464 e. The van der Waals surface area contributed by atoms with Gasteiger partial charge in [-0.15, -0.1) is 0 Å². The Balaban J connectivity index is 2.79. The summed E-state index contributed by atoms with van der Waals surface area (Å²) in [6.07, 6.45) is 0.168. The molecule has 0 unspecified atom stereocenters. The molecular formula is C10H16BrO4P. The molecule has 0 saturated heterocycles. The second-order valence-electron chi connectivity index (χ2n) is 3.22. The van der Waals surface area contributed by atoms with Gasteiger partial charge in [0.05, 0.1) is 17.7 Å². The van der Waals surface area contributed by atoms with E-state index >= 15 is 0 Å². The summed E-state index contributed by atoms with van der Waals surface area (Å²) in [5.41, 5.74) is 0. The molecule has 0 amide bonds. The molecule has 6 heteroatoms. The zero-order valence-electron chi connectivity index (χ0n) is 9.66. The van der Waals surface area contributed by atoms with Gasteiger partial charge in [0.1, 0.15) is 17.7 Å². The number of rotatable bonds is 6. The molecule has 0 aliphatic carbocycles. The predicted octanol–water partition coefficient (Wildman–Crippen LogP) is 4.12. The highest BCUT2D eigenvalue weighted by molar-refractivity contribution is 9.10. The molecule has 0 radical (unpaired) electrons. The summed E-state index contributed by atoms with van der Waals surface area (Å²) in [5.74, 6) is 1.36. The van der Waals surface area contributed by atoms with Gasteiger partial charge >= 0.3 is 7.60 Å². The molecule has 0 N–H and O–H groups in total. The molecular weight excluding hydrogens is 295 g/mol. The highest BCUT2D eigenvalue weighted by atomic mass is 79.9. The van der Waals surface area contributed by atoms with Crippen molar-refractivity contribution in [1.82, 2.24) is 0 Å². The first-order chi connectivity index (χ1) is 7.50. The highest BCUT2D eigenvalue weighted by Gasteiger charge is 2.26. The van der Waals surface area contributed by atoms with Crippen molar-refractivity contribution in [3.63, 3.8) is 0 Å². The molecule has 4 nitrogen and oxygen atoms in total. The van der Waals surface area contributed by atoms with Crippen LogP contribution in [0.3, 0.4) is 0 Å². The largest absolute Gasteiger partial charge is 0.464 e. The molecule has 0 aliphatic heterocycles. The minimum absolute atomic E-state index is 0.168. The molecule has 1 aromatic rings. The van der Waals surface area contributed by atoms with Crippen molar-refractivity contribution in [2.45, 2.75) is 26.9 Å². The first kappa shape index (κ1) is 14.0. The zero-order chi connectivity index (χ0) is 12.2. The quantitative estimate of drug-likeness (QED) is 0.742. The Labute approximate surface area is 104 Å². The molecule has 0 saturated carbocycles. The monoisotopic (exact) mass is 310 g/mol. The van der Waals surface area contributed by atoms with Gasteiger partial charge in [0, 0.05) is 0 Å². The lowest BCUT2D eigenvalue weighted by molar-refractivity contribution is 0.217. The number of aryl methyl sites for hydroxylation is 1. The standard InChI is InChI=1S/C10H16BrO4P/c1-4-13-16(12,14-5-2)7-9-6-10(11)8(3)15-9/h6H,4-5,7H2,1-3H3. The Kier molecular flexibility index (Phi) is 5.25. The van der Waals surface area contributed by atoms with E-state index in [-0.39, 0.29) is 6.16 Å². The average Bonchev–Trinajstić information content (AvgIpc) is 2.45. The van der Waals surface area contributed by atoms with Crippen molar-refractivity contribution >= 4 is 23.5 Å². The first-order valence-corrected chi connectivity index (χ1v) is 7.65. The minimum atomic E-state index is -3.06. The van der Waals surface area contributed by atoms with Crippen LogP contribution in [0, 0.1) is 6.92 Å². The maximum atomic E-state index is 12.2.